The first-order chi connectivity index (χ1) is 7.33. The third kappa shape index (κ3) is 5.44. The van der Waals surface area contributed by atoms with Gasteiger partial charge in [-0.2, -0.15) is 0 Å². The van der Waals surface area contributed by atoms with Crippen molar-refractivity contribution in [3.63, 3.8) is 0 Å². The molecule has 4 nitrogen and oxygen atoms in total. The fourth-order valence-corrected chi connectivity index (χ4v) is 1.12. The Kier molecular flexibility index (Phi) is 5.88. The van der Waals surface area contributed by atoms with Crippen LogP contribution in [0.3, 0.4) is 0 Å². The molecular weight excluding hydrogens is 190 g/mol. The van der Waals surface area contributed by atoms with Gasteiger partial charge in [-0.1, -0.05) is 6.92 Å². The number of aryl methyl sites for hydroxylation is 1. The summed E-state index contributed by atoms with van der Waals surface area (Å²) in [6.07, 6.45) is 4.66. The molecule has 0 radical (unpaired) electrons. The molecule has 1 aromatic heterocycles. The van der Waals surface area contributed by atoms with Crippen molar-refractivity contribution in [1.82, 2.24) is 15.3 Å². The van der Waals surface area contributed by atoms with Crippen LogP contribution in [0.4, 0.5) is 0 Å². The summed E-state index contributed by atoms with van der Waals surface area (Å²) < 4.78 is 5.34. The second-order valence-corrected chi connectivity index (χ2v) is 3.44. The van der Waals surface area contributed by atoms with Gasteiger partial charge in [0, 0.05) is 32.1 Å². The zero-order valence-electron chi connectivity index (χ0n) is 9.49. The summed E-state index contributed by atoms with van der Waals surface area (Å²) in [7, 11) is 0. The fourth-order valence-electron chi connectivity index (χ4n) is 1.12. The van der Waals surface area contributed by atoms with E-state index in [0.717, 1.165) is 44.1 Å². The number of aromatic nitrogens is 2. The first kappa shape index (κ1) is 12.1. The fraction of sp³-hybridized carbons (Fsp3) is 0.636. The molecule has 0 aliphatic rings. The number of nitrogens with one attached hydrogen (secondary N) is 1. The Hall–Kier alpha value is -1.00. The Morgan fingerprint density at radius 2 is 2.13 bits per heavy atom. The molecule has 1 rings (SSSR count). The molecule has 1 aromatic rings. The van der Waals surface area contributed by atoms with Crippen LogP contribution in [0.2, 0.25) is 0 Å². The van der Waals surface area contributed by atoms with Crippen LogP contribution >= 0.6 is 0 Å². The Morgan fingerprint density at radius 3 is 2.80 bits per heavy atom. The highest BCUT2D eigenvalue weighted by molar-refractivity contribution is 4.99. The topological polar surface area (TPSA) is 47.0 Å². The average molecular weight is 209 g/mol. The van der Waals surface area contributed by atoms with E-state index in [0.29, 0.717) is 0 Å². The number of hydrogen-bond donors (Lipinski definition) is 1. The second-order valence-electron chi connectivity index (χ2n) is 3.44. The Labute approximate surface area is 91.1 Å². The van der Waals surface area contributed by atoms with Gasteiger partial charge in [0.15, 0.2) is 0 Å². The third-order valence-electron chi connectivity index (χ3n) is 1.91. The van der Waals surface area contributed by atoms with Crippen molar-refractivity contribution in [2.24, 2.45) is 0 Å². The quantitative estimate of drug-likeness (QED) is 0.688. The predicted molar refractivity (Wildman–Crippen MR) is 59.6 cm³/mol. The van der Waals surface area contributed by atoms with E-state index in [1.54, 1.807) is 12.4 Å². The Morgan fingerprint density at radius 1 is 1.27 bits per heavy atom. The minimum Gasteiger partial charge on any atom is -0.380 e. The Bertz CT molecular complexity index is 261. The maximum Gasteiger partial charge on any atom is 0.0724 e. The summed E-state index contributed by atoms with van der Waals surface area (Å²) in [4.78, 5) is 8.42. The molecule has 0 amide bonds. The van der Waals surface area contributed by atoms with Crippen molar-refractivity contribution in [3.8, 4) is 0 Å². The highest BCUT2D eigenvalue weighted by Gasteiger charge is 1.94. The van der Waals surface area contributed by atoms with Gasteiger partial charge in [0.1, 0.15) is 0 Å². The molecule has 0 fully saturated rings. The summed E-state index contributed by atoms with van der Waals surface area (Å²) in [5.74, 6) is 0. The monoisotopic (exact) mass is 209 g/mol. The minimum absolute atomic E-state index is 0.753. The lowest BCUT2D eigenvalue weighted by Crippen LogP contribution is -2.20. The van der Waals surface area contributed by atoms with Gasteiger partial charge >= 0.3 is 0 Å². The molecule has 4 heteroatoms. The lowest BCUT2D eigenvalue weighted by molar-refractivity contribution is 0.136. The van der Waals surface area contributed by atoms with E-state index in [2.05, 4.69) is 22.2 Å². The van der Waals surface area contributed by atoms with E-state index in [9.17, 15) is 0 Å². The average Bonchev–Trinajstić information content (AvgIpc) is 2.26. The van der Waals surface area contributed by atoms with Gasteiger partial charge < -0.3 is 10.1 Å². The summed E-state index contributed by atoms with van der Waals surface area (Å²) in [5, 5.41) is 3.25. The molecule has 0 unspecified atom stereocenters. The highest BCUT2D eigenvalue weighted by atomic mass is 16.5. The molecule has 1 heterocycles. The molecule has 0 bridgehead atoms. The van der Waals surface area contributed by atoms with E-state index in [-0.39, 0.29) is 0 Å². The smallest absolute Gasteiger partial charge is 0.0724 e. The van der Waals surface area contributed by atoms with Crippen molar-refractivity contribution < 1.29 is 4.74 Å². The third-order valence-corrected chi connectivity index (χ3v) is 1.91. The molecular formula is C11H19N3O. The van der Waals surface area contributed by atoms with Gasteiger partial charge in [-0.3, -0.25) is 9.97 Å². The van der Waals surface area contributed by atoms with Gasteiger partial charge in [-0.05, 0) is 13.3 Å². The van der Waals surface area contributed by atoms with Gasteiger partial charge in [0.05, 0.1) is 18.0 Å². The van der Waals surface area contributed by atoms with Crippen molar-refractivity contribution in [3.05, 3.63) is 23.8 Å². The first-order valence-electron chi connectivity index (χ1n) is 5.39. The Balaban J connectivity index is 2.07. The first-order valence-corrected chi connectivity index (χ1v) is 5.39. The van der Waals surface area contributed by atoms with E-state index in [1.165, 1.54) is 0 Å². The second kappa shape index (κ2) is 7.31. The van der Waals surface area contributed by atoms with Crippen LogP contribution in [0.5, 0.6) is 0 Å². The zero-order valence-corrected chi connectivity index (χ0v) is 9.49. The van der Waals surface area contributed by atoms with E-state index in [1.807, 2.05) is 6.92 Å². The molecule has 15 heavy (non-hydrogen) atoms. The molecule has 84 valence electrons. The van der Waals surface area contributed by atoms with Crippen molar-refractivity contribution in [2.45, 2.75) is 26.8 Å². The van der Waals surface area contributed by atoms with Crippen LogP contribution in [0.25, 0.3) is 0 Å². The van der Waals surface area contributed by atoms with Gasteiger partial charge in [0.2, 0.25) is 0 Å². The van der Waals surface area contributed by atoms with Crippen molar-refractivity contribution in [2.75, 3.05) is 19.8 Å². The number of ether oxygens (including phenoxy) is 1. The largest absolute Gasteiger partial charge is 0.380 e. The summed E-state index contributed by atoms with van der Waals surface area (Å²) in [6.45, 7) is 7.25. The van der Waals surface area contributed by atoms with Crippen molar-refractivity contribution in [1.29, 1.82) is 0 Å². The standard InChI is InChI=1S/C11H19N3O/c1-3-5-15-6-4-12-8-11-9-13-10(2)7-14-11/h7,9,12H,3-6,8H2,1-2H3. The number of nitrogens with zero attached hydrogens (tertiary/aromatic N) is 2. The van der Waals surface area contributed by atoms with Gasteiger partial charge in [-0.15, -0.1) is 0 Å². The number of hydrogen-bond acceptors (Lipinski definition) is 4. The van der Waals surface area contributed by atoms with E-state index < -0.39 is 0 Å². The normalized spacial score (nSPS) is 10.5. The maximum absolute atomic E-state index is 5.34. The molecule has 1 N–H and O–H groups in total. The van der Waals surface area contributed by atoms with Crippen LogP contribution in [0, 0.1) is 6.92 Å². The molecule has 0 saturated heterocycles. The summed E-state index contributed by atoms with van der Waals surface area (Å²) in [5.41, 5.74) is 1.92. The maximum atomic E-state index is 5.34. The van der Waals surface area contributed by atoms with Gasteiger partial charge in [0.25, 0.3) is 0 Å². The van der Waals surface area contributed by atoms with Gasteiger partial charge in [-0.25, -0.2) is 0 Å². The predicted octanol–water partition coefficient (Wildman–Crippen LogP) is 1.30. The summed E-state index contributed by atoms with van der Waals surface area (Å²) in [6, 6.07) is 0. The molecule has 0 saturated carbocycles. The zero-order chi connectivity index (χ0) is 10.9. The van der Waals surface area contributed by atoms with Crippen LogP contribution < -0.4 is 5.32 Å². The molecule has 0 spiro atoms. The molecule has 0 aliphatic carbocycles. The SMILES string of the molecule is CCCOCCNCc1cnc(C)cn1. The number of rotatable bonds is 7. The van der Waals surface area contributed by atoms with Crippen LogP contribution in [-0.4, -0.2) is 29.7 Å². The van der Waals surface area contributed by atoms with E-state index in [4.69, 9.17) is 4.74 Å². The molecule has 0 aliphatic heterocycles. The highest BCUT2D eigenvalue weighted by Crippen LogP contribution is 1.92. The van der Waals surface area contributed by atoms with Crippen LogP contribution in [0.1, 0.15) is 24.7 Å². The lowest BCUT2D eigenvalue weighted by atomic mass is 10.4. The van der Waals surface area contributed by atoms with Crippen molar-refractivity contribution >= 4 is 0 Å². The molecule has 0 atom stereocenters. The lowest BCUT2D eigenvalue weighted by Gasteiger charge is -2.04. The van der Waals surface area contributed by atoms with Crippen LogP contribution in [-0.2, 0) is 11.3 Å². The van der Waals surface area contributed by atoms with E-state index >= 15 is 0 Å². The van der Waals surface area contributed by atoms with Crippen LogP contribution in [0.15, 0.2) is 12.4 Å². The minimum atomic E-state index is 0.753. The summed E-state index contributed by atoms with van der Waals surface area (Å²) >= 11 is 0. The molecule has 0 aromatic carbocycles.